The van der Waals surface area contributed by atoms with Gasteiger partial charge in [0.25, 0.3) is 5.91 Å². The van der Waals surface area contributed by atoms with Crippen molar-refractivity contribution < 1.29 is 37.0 Å². The van der Waals surface area contributed by atoms with Gasteiger partial charge >= 0.3 is 12.1 Å². The fourth-order valence-corrected chi connectivity index (χ4v) is 2.08. The molecule has 0 unspecified atom stereocenters. The number of rotatable bonds is 7. The molecule has 2 aromatic carbocycles. The molecule has 0 aromatic heterocycles. The highest BCUT2D eigenvalue weighted by Gasteiger charge is 2.29. The standard InChI is InChI=1S/C18H16F3NO5/c1-25-15-8-12(4-7-14(15)26-10-16(22)23)17(24)27-9-11-2-5-13(6-3-11)18(19,20)21/h2-8H,9-10H2,1H3,(H2,22,23). The Balaban J connectivity index is 2.02. The predicted octanol–water partition coefficient (Wildman–Crippen LogP) is 2.94. The van der Waals surface area contributed by atoms with Crippen LogP contribution >= 0.6 is 0 Å². The maximum atomic E-state index is 12.5. The Morgan fingerprint density at radius 1 is 1.04 bits per heavy atom. The Bertz CT molecular complexity index is 819. The number of carbonyl (C=O) groups is 2. The van der Waals surface area contributed by atoms with E-state index in [1.807, 2.05) is 0 Å². The molecular formula is C18H16F3NO5. The largest absolute Gasteiger partial charge is 0.493 e. The van der Waals surface area contributed by atoms with Crippen LogP contribution in [0.3, 0.4) is 0 Å². The lowest BCUT2D eigenvalue weighted by Crippen LogP contribution is -2.20. The average molecular weight is 383 g/mol. The molecule has 2 aromatic rings. The number of hydrogen-bond donors (Lipinski definition) is 1. The molecular weight excluding hydrogens is 367 g/mol. The Morgan fingerprint density at radius 3 is 2.26 bits per heavy atom. The van der Waals surface area contributed by atoms with Crippen LogP contribution in [0.15, 0.2) is 42.5 Å². The number of amides is 1. The van der Waals surface area contributed by atoms with Gasteiger partial charge in [-0.15, -0.1) is 0 Å². The normalized spacial score (nSPS) is 11.0. The third kappa shape index (κ3) is 5.63. The monoisotopic (exact) mass is 383 g/mol. The van der Waals surface area contributed by atoms with Gasteiger partial charge in [-0.2, -0.15) is 13.2 Å². The van der Waals surface area contributed by atoms with E-state index < -0.39 is 23.6 Å². The van der Waals surface area contributed by atoms with Gasteiger partial charge in [-0.05, 0) is 35.9 Å². The van der Waals surface area contributed by atoms with Crippen molar-refractivity contribution in [3.05, 3.63) is 59.2 Å². The summed E-state index contributed by atoms with van der Waals surface area (Å²) in [5.74, 6) is -0.956. The van der Waals surface area contributed by atoms with Crippen molar-refractivity contribution in [1.82, 2.24) is 0 Å². The first-order valence-electron chi connectivity index (χ1n) is 7.63. The van der Waals surface area contributed by atoms with Gasteiger partial charge in [-0.3, -0.25) is 4.79 Å². The lowest BCUT2D eigenvalue weighted by atomic mass is 10.1. The fourth-order valence-electron chi connectivity index (χ4n) is 2.08. The molecule has 0 radical (unpaired) electrons. The molecule has 9 heteroatoms. The number of carbonyl (C=O) groups excluding carboxylic acids is 2. The first-order valence-corrected chi connectivity index (χ1v) is 7.63. The quantitative estimate of drug-likeness (QED) is 0.743. The molecule has 0 fully saturated rings. The van der Waals surface area contributed by atoms with Crippen LogP contribution in [0.2, 0.25) is 0 Å². The zero-order valence-electron chi connectivity index (χ0n) is 14.2. The van der Waals surface area contributed by atoms with Crippen LogP contribution in [0.1, 0.15) is 21.5 Å². The van der Waals surface area contributed by atoms with Crippen LogP contribution in [0.5, 0.6) is 11.5 Å². The molecule has 0 aliphatic rings. The molecule has 0 atom stereocenters. The summed E-state index contributed by atoms with van der Waals surface area (Å²) in [6, 6.07) is 8.46. The van der Waals surface area contributed by atoms with Gasteiger partial charge in [0.1, 0.15) is 6.61 Å². The lowest BCUT2D eigenvalue weighted by Gasteiger charge is -2.11. The van der Waals surface area contributed by atoms with Crippen molar-refractivity contribution >= 4 is 11.9 Å². The second-order valence-corrected chi connectivity index (χ2v) is 5.39. The van der Waals surface area contributed by atoms with Gasteiger partial charge in [0, 0.05) is 0 Å². The molecule has 0 aliphatic carbocycles. The van der Waals surface area contributed by atoms with Gasteiger partial charge in [-0.1, -0.05) is 12.1 Å². The Hall–Kier alpha value is -3.23. The first kappa shape index (κ1) is 20.1. The molecule has 2 rings (SSSR count). The van der Waals surface area contributed by atoms with E-state index in [-0.39, 0.29) is 30.3 Å². The van der Waals surface area contributed by atoms with Gasteiger partial charge in [-0.25, -0.2) is 4.79 Å². The number of ether oxygens (including phenoxy) is 3. The zero-order chi connectivity index (χ0) is 20.0. The van der Waals surface area contributed by atoms with E-state index in [9.17, 15) is 22.8 Å². The number of alkyl halides is 3. The van der Waals surface area contributed by atoms with Crippen molar-refractivity contribution in [2.75, 3.05) is 13.7 Å². The number of esters is 1. The second kappa shape index (κ2) is 8.43. The van der Waals surface area contributed by atoms with E-state index >= 15 is 0 Å². The van der Waals surface area contributed by atoms with E-state index in [1.54, 1.807) is 0 Å². The van der Waals surface area contributed by atoms with Crippen LogP contribution in [-0.4, -0.2) is 25.6 Å². The predicted molar refractivity (Wildman–Crippen MR) is 88.2 cm³/mol. The topological polar surface area (TPSA) is 87.8 Å². The maximum Gasteiger partial charge on any atom is 0.416 e. The number of benzene rings is 2. The first-order chi connectivity index (χ1) is 12.7. The number of halogens is 3. The molecule has 0 heterocycles. The van der Waals surface area contributed by atoms with Crippen molar-refractivity contribution in [1.29, 1.82) is 0 Å². The molecule has 6 nitrogen and oxygen atoms in total. The average Bonchev–Trinajstić information content (AvgIpc) is 2.63. The highest BCUT2D eigenvalue weighted by atomic mass is 19.4. The maximum absolute atomic E-state index is 12.5. The van der Waals surface area contributed by atoms with E-state index in [0.29, 0.717) is 5.56 Å². The van der Waals surface area contributed by atoms with Crippen LogP contribution in [0.4, 0.5) is 13.2 Å². The minimum Gasteiger partial charge on any atom is -0.493 e. The minimum absolute atomic E-state index is 0.144. The van der Waals surface area contributed by atoms with E-state index in [2.05, 4.69) is 0 Å². The molecule has 144 valence electrons. The minimum atomic E-state index is -4.43. The van der Waals surface area contributed by atoms with Crippen molar-refractivity contribution in [3.63, 3.8) is 0 Å². The Kier molecular flexibility index (Phi) is 6.27. The summed E-state index contributed by atoms with van der Waals surface area (Å²) in [5, 5.41) is 0. The number of methoxy groups -OCH3 is 1. The smallest absolute Gasteiger partial charge is 0.416 e. The number of nitrogens with two attached hydrogens (primary N) is 1. The molecule has 1 amide bonds. The Morgan fingerprint density at radius 2 is 1.70 bits per heavy atom. The molecule has 0 saturated carbocycles. The Labute approximate surface area is 152 Å². The van der Waals surface area contributed by atoms with Crippen molar-refractivity contribution in [2.45, 2.75) is 12.8 Å². The number of hydrogen-bond acceptors (Lipinski definition) is 5. The van der Waals surface area contributed by atoms with Gasteiger partial charge in [0.2, 0.25) is 0 Å². The SMILES string of the molecule is COc1cc(C(=O)OCc2ccc(C(F)(F)F)cc2)ccc1OCC(N)=O. The van der Waals surface area contributed by atoms with Crippen molar-refractivity contribution in [3.8, 4) is 11.5 Å². The van der Waals surface area contributed by atoms with Gasteiger partial charge in [0.15, 0.2) is 18.1 Å². The van der Waals surface area contributed by atoms with Crippen molar-refractivity contribution in [2.24, 2.45) is 5.73 Å². The second-order valence-electron chi connectivity index (χ2n) is 5.39. The lowest BCUT2D eigenvalue weighted by molar-refractivity contribution is -0.137. The van der Waals surface area contributed by atoms with Crippen LogP contribution in [-0.2, 0) is 22.3 Å². The summed E-state index contributed by atoms with van der Waals surface area (Å²) >= 11 is 0. The van der Waals surface area contributed by atoms with Gasteiger partial charge in [0.05, 0.1) is 18.2 Å². The molecule has 0 bridgehead atoms. The van der Waals surface area contributed by atoms with E-state index in [4.69, 9.17) is 19.9 Å². The highest BCUT2D eigenvalue weighted by molar-refractivity contribution is 5.90. The fraction of sp³-hybridized carbons (Fsp3) is 0.222. The van der Waals surface area contributed by atoms with Crippen LogP contribution in [0.25, 0.3) is 0 Å². The highest BCUT2D eigenvalue weighted by Crippen LogP contribution is 2.30. The molecule has 27 heavy (non-hydrogen) atoms. The summed E-state index contributed by atoms with van der Waals surface area (Å²) in [7, 11) is 1.35. The van der Waals surface area contributed by atoms with Crippen LogP contribution in [0, 0.1) is 0 Å². The third-order valence-electron chi connectivity index (χ3n) is 3.42. The van der Waals surface area contributed by atoms with Gasteiger partial charge < -0.3 is 19.9 Å². The molecule has 0 saturated heterocycles. The summed E-state index contributed by atoms with van der Waals surface area (Å²) in [5.41, 5.74) is 4.76. The summed E-state index contributed by atoms with van der Waals surface area (Å²) in [4.78, 5) is 22.9. The van der Waals surface area contributed by atoms with E-state index in [1.165, 1.54) is 37.4 Å². The number of primary amides is 1. The van der Waals surface area contributed by atoms with Crippen LogP contribution < -0.4 is 15.2 Å². The molecule has 2 N–H and O–H groups in total. The summed E-state index contributed by atoms with van der Waals surface area (Å²) in [6.45, 7) is -0.548. The van der Waals surface area contributed by atoms with E-state index in [0.717, 1.165) is 12.1 Å². The summed E-state index contributed by atoms with van der Waals surface area (Å²) in [6.07, 6.45) is -4.43. The molecule has 0 spiro atoms. The zero-order valence-corrected chi connectivity index (χ0v) is 14.2. The third-order valence-corrected chi connectivity index (χ3v) is 3.42. The molecule has 0 aliphatic heterocycles. The summed E-state index contributed by atoms with van der Waals surface area (Å²) < 4.78 is 52.9.